The van der Waals surface area contributed by atoms with Crippen LogP contribution in [0.5, 0.6) is 0 Å². The van der Waals surface area contributed by atoms with Crippen molar-refractivity contribution >= 4 is 0 Å². The Kier molecular flexibility index (Phi) is 14.2. The first-order valence-corrected chi connectivity index (χ1v) is 23.2. The maximum atomic E-state index is 3.62. The molecule has 0 aliphatic rings. The summed E-state index contributed by atoms with van der Waals surface area (Å²) in [6.07, 6.45) is 0. The zero-order valence-electron chi connectivity index (χ0n) is 42.1. The normalized spacial score (nSPS) is 11.6. The van der Waals surface area contributed by atoms with Crippen molar-refractivity contribution in [1.29, 1.82) is 0 Å². The highest BCUT2D eigenvalue weighted by Crippen LogP contribution is 2.28. The Morgan fingerprint density at radius 2 is 0.394 bits per heavy atom. The van der Waals surface area contributed by atoms with Crippen LogP contribution < -0.4 is 0 Å². The average Bonchev–Trinajstić information content (AvgIpc) is 3.25. The van der Waals surface area contributed by atoms with Gasteiger partial charge in [0, 0.05) is 38.9 Å². The Hall–Kier alpha value is -6.88. The number of benzene rings is 6. The quantitative estimate of drug-likeness (QED) is 0.134. The lowest BCUT2D eigenvalue weighted by Gasteiger charge is -2.18. The molecule has 0 bridgehead atoms. The maximum absolute atomic E-state index is 3.62. The van der Waals surface area contributed by atoms with Crippen LogP contribution in [0.15, 0.2) is 127 Å². The lowest BCUT2D eigenvalue weighted by molar-refractivity contribution is 0.590. The van der Waals surface area contributed by atoms with Crippen LogP contribution in [0.25, 0.3) is 0 Å². The van der Waals surface area contributed by atoms with Gasteiger partial charge in [0.1, 0.15) is 0 Å². The van der Waals surface area contributed by atoms with Gasteiger partial charge < -0.3 is 0 Å². The fraction of sp³-hybridized carbons (Fsp3) is 0.303. The van der Waals surface area contributed by atoms with E-state index in [0.717, 1.165) is 50.1 Å². The second kappa shape index (κ2) is 19.3. The molecular weight excluding hydrogens is 793 g/mol. The maximum Gasteiger partial charge on any atom is 0.0587 e. The van der Waals surface area contributed by atoms with E-state index in [2.05, 4.69) is 290 Å². The van der Waals surface area contributed by atoms with Gasteiger partial charge in [-0.3, -0.25) is 0 Å². The van der Waals surface area contributed by atoms with Gasteiger partial charge in [0.25, 0.3) is 0 Å². The van der Waals surface area contributed by atoms with E-state index in [9.17, 15) is 0 Å². The van der Waals surface area contributed by atoms with Gasteiger partial charge in [-0.15, -0.1) is 0 Å². The summed E-state index contributed by atoms with van der Waals surface area (Å²) in [5.41, 5.74) is 14.6. The second-order valence-electron chi connectivity index (χ2n) is 22.5. The molecule has 0 aliphatic heterocycles. The molecule has 0 saturated carbocycles. The fourth-order valence-corrected chi connectivity index (χ4v) is 7.22. The molecule has 0 N–H and O–H groups in total. The monoisotopic (exact) mass is 859 g/mol. The molecule has 0 heterocycles. The Bertz CT molecular complexity index is 2840. The van der Waals surface area contributed by atoms with Crippen molar-refractivity contribution in [2.75, 3.05) is 0 Å². The molecule has 0 nitrogen and oxygen atoms in total. The van der Waals surface area contributed by atoms with Crippen molar-refractivity contribution in [3.05, 3.63) is 211 Å². The zero-order valence-corrected chi connectivity index (χ0v) is 42.1. The average molecular weight is 859 g/mol. The molecule has 0 spiro atoms. The van der Waals surface area contributed by atoms with Crippen LogP contribution >= 0.6 is 0 Å². The highest BCUT2D eigenvalue weighted by atomic mass is 14.2. The molecular formula is C66H66. The summed E-state index contributed by atoms with van der Waals surface area (Å²) >= 11 is 0. The summed E-state index contributed by atoms with van der Waals surface area (Å²) in [5.74, 6) is 35.5. The zero-order chi connectivity index (χ0) is 48.1. The van der Waals surface area contributed by atoms with Crippen LogP contribution in [-0.2, 0) is 27.1 Å². The molecule has 6 rings (SSSR count). The van der Waals surface area contributed by atoms with Gasteiger partial charge in [-0.05, 0) is 122 Å². The van der Waals surface area contributed by atoms with Crippen LogP contribution in [0.4, 0.5) is 0 Å². The lowest BCUT2D eigenvalue weighted by Crippen LogP contribution is -2.10. The van der Waals surface area contributed by atoms with Gasteiger partial charge in [0.2, 0.25) is 0 Å². The van der Waals surface area contributed by atoms with Crippen molar-refractivity contribution in [2.45, 2.75) is 131 Å². The van der Waals surface area contributed by atoms with Gasteiger partial charge in [-0.2, -0.15) is 0 Å². The summed E-state index contributed by atoms with van der Waals surface area (Å²) in [4.78, 5) is 0. The summed E-state index contributed by atoms with van der Waals surface area (Å²) < 4.78 is 0. The summed E-state index contributed by atoms with van der Waals surface area (Å²) in [5, 5.41) is 0. The number of hydrogen-bond acceptors (Lipinski definition) is 0. The topological polar surface area (TPSA) is 0 Å². The third-order valence-corrected chi connectivity index (χ3v) is 11.8. The minimum Gasteiger partial charge on any atom is -0.0616 e. The van der Waals surface area contributed by atoms with Crippen LogP contribution in [0.3, 0.4) is 0 Å². The van der Waals surface area contributed by atoms with Gasteiger partial charge >= 0.3 is 0 Å². The van der Waals surface area contributed by atoms with Gasteiger partial charge in [-0.25, -0.2) is 0 Å². The Morgan fingerprint density at radius 1 is 0.212 bits per heavy atom. The molecule has 0 radical (unpaired) electrons. The fourth-order valence-electron chi connectivity index (χ4n) is 7.22. The van der Waals surface area contributed by atoms with Gasteiger partial charge in [0.15, 0.2) is 0 Å². The first kappa shape index (κ1) is 48.6. The highest BCUT2D eigenvalue weighted by molar-refractivity contribution is 5.73. The lowest BCUT2D eigenvalue weighted by atomic mass is 9.86. The molecule has 6 aromatic carbocycles. The standard InChI is InChI=1S/C66H66/c1-62(2,3)54-33-18-47(19-34-54)16-31-52-46-53(32-17-48-20-35-55(36-21-48)63(4,5)6)60(44-29-50-24-39-57(40-25-50)65(10,11)12)61(45-30-51-26-41-58(42-27-51)66(13,14)15)59(52)43-28-49-22-37-56(38-23-49)64(7,8)9/h18-27,33-42,46H,1-15H3. The number of rotatable bonds is 0. The van der Waals surface area contributed by atoms with E-state index in [1.807, 2.05) is 0 Å². The smallest absolute Gasteiger partial charge is 0.0587 e. The summed E-state index contributed by atoms with van der Waals surface area (Å²) in [7, 11) is 0. The summed E-state index contributed by atoms with van der Waals surface area (Å²) in [6.45, 7) is 33.4. The minimum atomic E-state index is 0.0222. The van der Waals surface area contributed by atoms with Crippen LogP contribution in [0.1, 0.15) is 187 Å². The molecule has 0 amide bonds. The molecule has 0 aromatic heterocycles. The van der Waals surface area contributed by atoms with Gasteiger partial charge in [0.05, 0.1) is 16.7 Å². The SMILES string of the molecule is CC(C)(C)c1ccc(C#Cc2cc(C#Cc3ccc(C(C)(C)C)cc3)c(C#Cc3ccc(C(C)(C)C)cc3)c(C#Cc3ccc(C(C)(C)C)cc3)c2C#Cc2ccc(C(C)(C)C)cc2)cc1. The predicted octanol–water partition coefficient (Wildman–Crippen LogP) is 15.2. The van der Waals surface area contributed by atoms with Crippen molar-refractivity contribution in [1.82, 2.24) is 0 Å². The molecule has 0 atom stereocenters. The molecule has 0 saturated heterocycles. The first-order valence-electron chi connectivity index (χ1n) is 23.2. The Balaban J connectivity index is 1.67. The van der Waals surface area contributed by atoms with E-state index in [0.29, 0.717) is 5.56 Å². The molecule has 0 fully saturated rings. The van der Waals surface area contributed by atoms with Crippen LogP contribution in [0, 0.1) is 59.2 Å². The van der Waals surface area contributed by atoms with E-state index in [1.165, 1.54) is 27.8 Å². The van der Waals surface area contributed by atoms with Crippen molar-refractivity contribution in [2.24, 2.45) is 0 Å². The Labute approximate surface area is 399 Å². The van der Waals surface area contributed by atoms with Crippen molar-refractivity contribution < 1.29 is 0 Å². The van der Waals surface area contributed by atoms with Gasteiger partial charge in [-0.1, -0.05) is 224 Å². The van der Waals surface area contributed by atoms with E-state index < -0.39 is 0 Å². The highest BCUT2D eigenvalue weighted by Gasteiger charge is 2.18. The van der Waals surface area contributed by atoms with E-state index in [1.54, 1.807) is 0 Å². The third-order valence-electron chi connectivity index (χ3n) is 11.8. The first-order chi connectivity index (χ1) is 30.8. The summed E-state index contributed by atoms with van der Waals surface area (Å²) in [6, 6.07) is 44.8. The minimum absolute atomic E-state index is 0.0222. The molecule has 6 aromatic rings. The van der Waals surface area contributed by atoms with E-state index >= 15 is 0 Å². The van der Waals surface area contributed by atoms with E-state index in [-0.39, 0.29) is 27.1 Å². The molecule has 330 valence electrons. The van der Waals surface area contributed by atoms with E-state index in [4.69, 9.17) is 0 Å². The van der Waals surface area contributed by atoms with Crippen molar-refractivity contribution in [3.63, 3.8) is 0 Å². The molecule has 66 heavy (non-hydrogen) atoms. The third kappa shape index (κ3) is 12.9. The molecule has 0 heteroatoms. The predicted molar refractivity (Wildman–Crippen MR) is 282 cm³/mol. The molecule has 0 unspecified atom stereocenters. The number of hydrogen-bond donors (Lipinski definition) is 0. The molecule has 0 aliphatic carbocycles. The van der Waals surface area contributed by atoms with Crippen molar-refractivity contribution in [3.8, 4) is 59.2 Å². The Morgan fingerprint density at radius 3 is 0.591 bits per heavy atom. The van der Waals surface area contributed by atoms with Crippen LogP contribution in [0.2, 0.25) is 0 Å². The largest absolute Gasteiger partial charge is 0.0616 e. The second-order valence-corrected chi connectivity index (χ2v) is 22.5. The van der Waals surface area contributed by atoms with Crippen LogP contribution in [-0.4, -0.2) is 0 Å².